The van der Waals surface area contributed by atoms with Crippen molar-refractivity contribution < 1.29 is 13.9 Å². The molecular weight excluding hydrogens is 387 g/mol. The number of aryl methyl sites for hydroxylation is 1. The molecule has 25 heavy (non-hydrogen) atoms. The summed E-state index contributed by atoms with van der Waals surface area (Å²) in [6, 6.07) is 10.3. The summed E-state index contributed by atoms with van der Waals surface area (Å²) in [5.74, 6) is -0.623. The van der Waals surface area contributed by atoms with Crippen molar-refractivity contribution in [3.63, 3.8) is 0 Å². The molecule has 6 heteroatoms. The number of benzene rings is 2. The maximum Gasteiger partial charge on any atom is 0.258 e. The van der Waals surface area contributed by atoms with Crippen LogP contribution in [0.4, 0.5) is 15.8 Å². The van der Waals surface area contributed by atoms with Crippen LogP contribution in [-0.4, -0.2) is 39.3 Å². The van der Waals surface area contributed by atoms with Crippen LogP contribution in [0, 0.1) is 12.7 Å². The third-order valence-electron chi connectivity index (χ3n) is 4.38. The molecule has 2 aromatic carbocycles. The summed E-state index contributed by atoms with van der Waals surface area (Å²) in [6.45, 7) is 4.45. The Balaban J connectivity index is 1.81. The number of carbonyl (C=O) groups excluding carboxylic acids is 1. The molecule has 0 bridgehead atoms. The first-order chi connectivity index (χ1) is 12.0. The Labute approximate surface area is 155 Å². The summed E-state index contributed by atoms with van der Waals surface area (Å²) >= 11 is 3.45. The van der Waals surface area contributed by atoms with Crippen LogP contribution in [0.25, 0.3) is 0 Å². The van der Waals surface area contributed by atoms with Gasteiger partial charge in [-0.3, -0.25) is 4.79 Å². The van der Waals surface area contributed by atoms with Crippen LogP contribution in [0.3, 0.4) is 0 Å². The van der Waals surface area contributed by atoms with Gasteiger partial charge in [0.1, 0.15) is 5.82 Å². The molecule has 0 aromatic heterocycles. The van der Waals surface area contributed by atoms with Gasteiger partial charge < -0.3 is 14.5 Å². The van der Waals surface area contributed by atoms with Gasteiger partial charge in [0, 0.05) is 35.9 Å². The van der Waals surface area contributed by atoms with Gasteiger partial charge in [-0.1, -0.05) is 15.9 Å². The molecule has 0 atom stereocenters. The monoisotopic (exact) mass is 406 g/mol. The molecule has 0 aliphatic carbocycles. The fourth-order valence-corrected chi connectivity index (χ4v) is 3.10. The second-order valence-corrected chi connectivity index (χ2v) is 6.92. The Kier molecular flexibility index (Phi) is 5.39. The largest absolute Gasteiger partial charge is 0.378 e. The van der Waals surface area contributed by atoms with E-state index in [1.807, 2.05) is 30.0 Å². The number of rotatable bonds is 3. The van der Waals surface area contributed by atoms with Gasteiger partial charge in [-0.25, -0.2) is 4.39 Å². The molecule has 0 radical (unpaired) electrons. The number of hydrogen-bond acceptors (Lipinski definition) is 3. The third-order valence-corrected chi connectivity index (χ3v) is 5.27. The van der Waals surface area contributed by atoms with Crippen molar-refractivity contribution in [1.82, 2.24) is 0 Å². The van der Waals surface area contributed by atoms with Crippen molar-refractivity contribution in [2.75, 3.05) is 43.2 Å². The number of carbonyl (C=O) groups is 1. The van der Waals surface area contributed by atoms with Crippen LogP contribution in [0.15, 0.2) is 40.9 Å². The van der Waals surface area contributed by atoms with Crippen LogP contribution < -0.4 is 9.80 Å². The number of morpholine rings is 1. The average molecular weight is 407 g/mol. The minimum atomic E-state index is -0.381. The quantitative estimate of drug-likeness (QED) is 0.771. The summed E-state index contributed by atoms with van der Waals surface area (Å²) in [6.07, 6.45) is 0. The van der Waals surface area contributed by atoms with Crippen molar-refractivity contribution in [2.24, 2.45) is 0 Å². The van der Waals surface area contributed by atoms with Crippen LogP contribution in [0.5, 0.6) is 0 Å². The molecule has 1 heterocycles. The molecule has 1 aliphatic rings. The molecule has 1 amide bonds. The van der Waals surface area contributed by atoms with Gasteiger partial charge in [0.25, 0.3) is 5.91 Å². The van der Waals surface area contributed by atoms with Crippen molar-refractivity contribution in [1.29, 1.82) is 0 Å². The van der Waals surface area contributed by atoms with Gasteiger partial charge >= 0.3 is 0 Å². The highest BCUT2D eigenvalue weighted by atomic mass is 79.9. The van der Waals surface area contributed by atoms with Crippen LogP contribution in [0.2, 0.25) is 0 Å². The van der Waals surface area contributed by atoms with Crippen LogP contribution in [-0.2, 0) is 4.74 Å². The zero-order valence-electron chi connectivity index (χ0n) is 14.3. The minimum Gasteiger partial charge on any atom is -0.378 e. The Morgan fingerprint density at radius 2 is 1.92 bits per heavy atom. The number of amides is 1. The highest BCUT2D eigenvalue weighted by Crippen LogP contribution is 2.25. The lowest BCUT2D eigenvalue weighted by molar-refractivity contribution is 0.0992. The first-order valence-electron chi connectivity index (χ1n) is 8.14. The number of hydrogen-bond donors (Lipinski definition) is 0. The smallest absolute Gasteiger partial charge is 0.258 e. The second-order valence-electron chi connectivity index (χ2n) is 6.06. The lowest BCUT2D eigenvalue weighted by Gasteiger charge is -2.29. The molecule has 4 nitrogen and oxygen atoms in total. The molecule has 132 valence electrons. The summed E-state index contributed by atoms with van der Waals surface area (Å²) in [7, 11) is 1.69. The van der Waals surface area contributed by atoms with Crippen molar-refractivity contribution in [3.8, 4) is 0 Å². The van der Waals surface area contributed by atoms with E-state index in [0.717, 1.165) is 15.7 Å². The van der Waals surface area contributed by atoms with E-state index in [4.69, 9.17) is 4.74 Å². The Morgan fingerprint density at radius 1 is 1.20 bits per heavy atom. The lowest BCUT2D eigenvalue weighted by atomic mass is 10.1. The van der Waals surface area contributed by atoms with E-state index < -0.39 is 0 Å². The van der Waals surface area contributed by atoms with E-state index in [1.165, 1.54) is 11.0 Å². The highest BCUT2D eigenvalue weighted by Gasteiger charge is 2.19. The third kappa shape index (κ3) is 3.85. The zero-order valence-corrected chi connectivity index (χ0v) is 15.8. The molecule has 3 rings (SSSR count). The van der Waals surface area contributed by atoms with Gasteiger partial charge in [0.05, 0.1) is 18.9 Å². The standard InChI is InChI=1S/C19H20BrFN2O2/c1-13-11-15(4-5-16(13)20)22(2)19(24)14-3-6-18(17(21)12-14)23-7-9-25-10-8-23/h3-6,11-12H,7-10H2,1-2H3. The number of nitrogens with zero attached hydrogens (tertiary/aromatic N) is 2. The first-order valence-corrected chi connectivity index (χ1v) is 8.93. The van der Waals surface area contributed by atoms with E-state index >= 15 is 0 Å². The predicted octanol–water partition coefficient (Wildman–Crippen LogP) is 4.01. The SMILES string of the molecule is Cc1cc(N(C)C(=O)c2ccc(N3CCOCC3)c(F)c2)ccc1Br. The van der Waals surface area contributed by atoms with Gasteiger partial charge in [0.2, 0.25) is 0 Å². The van der Waals surface area contributed by atoms with E-state index in [-0.39, 0.29) is 11.7 Å². The Bertz CT molecular complexity index is 791. The van der Waals surface area contributed by atoms with Crippen molar-refractivity contribution in [2.45, 2.75) is 6.92 Å². The number of halogens is 2. The lowest BCUT2D eigenvalue weighted by Crippen LogP contribution is -2.36. The molecule has 0 saturated carbocycles. The van der Waals surface area contributed by atoms with Crippen LogP contribution >= 0.6 is 15.9 Å². The van der Waals surface area contributed by atoms with Gasteiger partial charge in [-0.15, -0.1) is 0 Å². The normalized spacial score (nSPS) is 14.5. The number of anilines is 2. The van der Waals surface area contributed by atoms with E-state index in [9.17, 15) is 9.18 Å². The molecule has 2 aromatic rings. The van der Waals surface area contributed by atoms with E-state index in [0.29, 0.717) is 37.6 Å². The summed E-state index contributed by atoms with van der Waals surface area (Å²) in [5, 5.41) is 0. The predicted molar refractivity (Wildman–Crippen MR) is 101 cm³/mol. The Hall–Kier alpha value is -1.92. The number of ether oxygens (including phenoxy) is 1. The summed E-state index contributed by atoms with van der Waals surface area (Å²) < 4.78 is 20.8. The topological polar surface area (TPSA) is 32.8 Å². The van der Waals surface area contributed by atoms with E-state index in [2.05, 4.69) is 15.9 Å². The van der Waals surface area contributed by atoms with Gasteiger partial charge in [-0.05, 0) is 48.9 Å². The maximum atomic E-state index is 14.5. The molecule has 1 saturated heterocycles. The minimum absolute atomic E-state index is 0.242. The van der Waals surface area contributed by atoms with Crippen molar-refractivity contribution in [3.05, 3.63) is 57.8 Å². The molecule has 0 spiro atoms. The molecule has 1 fully saturated rings. The van der Waals surface area contributed by atoms with E-state index in [1.54, 1.807) is 19.2 Å². The van der Waals surface area contributed by atoms with Crippen LogP contribution in [0.1, 0.15) is 15.9 Å². The summed E-state index contributed by atoms with van der Waals surface area (Å²) in [4.78, 5) is 16.2. The van der Waals surface area contributed by atoms with Gasteiger partial charge in [0.15, 0.2) is 0 Å². The Morgan fingerprint density at radius 3 is 2.56 bits per heavy atom. The van der Waals surface area contributed by atoms with Gasteiger partial charge in [-0.2, -0.15) is 0 Å². The highest BCUT2D eigenvalue weighted by molar-refractivity contribution is 9.10. The maximum absolute atomic E-state index is 14.5. The molecule has 0 unspecified atom stereocenters. The zero-order chi connectivity index (χ0) is 18.0. The molecule has 1 aliphatic heterocycles. The second kappa shape index (κ2) is 7.54. The van der Waals surface area contributed by atoms with Crippen molar-refractivity contribution >= 4 is 33.2 Å². The molecule has 0 N–H and O–H groups in total. The fraction of sp³-hybridized carbons (Fsp3) is 0.316. The average Bonchev–Trinajstić information content (AvgIpc) is 2.63. The summed E-state index contributed by atoms with van der Waals surface area (Å²) in [5.41, 5.74) is 2.65. The fourth-order valence-electron chi connectivity index (χ4n) is 2.85. The first kappa shape index (κ1) is 17.9. The molecular formula is C19H20BrFN2O2.